The first-order valence-electron chi connectivity index (χ1n) is 9.79. The molecule has 29 heavy (non-hydrogen) atoms. The second-order valence-corrected chi connectivity index (χ2v) is 7.59. The molecule has 0 N–H and O–H groups in total. The van der Waals surface area contributed by atoms with Crippen LogP contribution in [0.25, 0.3) is 22.1 Å². The third-order valence-electron chi connectivity index (χ3n) is 5.40. The topological polar surface area (TPSA) is 94.6 Å². The molecule has 1 aliphatic heterocycles. The maximum Gasteiger partial charge on any atom is 0.326 e. The summed E-state index contributed by atoms with van der Waals surface area (Å²) in [4.78, 5) is 43.5. The van der Waals surface area contributed by atoms with Crippen molar-refractivity contribution in [2.24, 2.45) is 5.92 Å². The molecule has 0 bridgehead atoms. The third kappa shape index (κ3) is 3.74. The number of carbonyl (C=O) groups excluding carboxylic acids is 2. The van der Waals surface area contributed by atoms with Gasteiger partial charge in [-0.15, -0.1) is 0 Å². The molecular formula is C21H23N3O5. The molecule has 1 amide bonds. The average molecular weight is 397 g/mol. The number of carbonyl (C=O) groups is 2. The molecule has 1 atom stereocenters. The molecule has 1 aliphatic rings. The molecule has 1 aromatic carbocycles. The van der Waals surface area contributed by atoms with Gasteiger partial charge in [0.05, 0.1) is 6.33 Å². The number of piperidine rings is 1. The second-order valence-electron chi connectivity index (χ2n) is 7.59. The quantitative estimate of drug-likeness (QED) is 0.627. The summed E-state index contributed by atoms with van der Waals surface area (Å²) in [6.45, 7) is 4.73. The molecule has 0 saturated carbocycles. The smallest absolute Gasteiger partial charge is 0.326 e. The minimum Gasteiger partial charge on any atom is -0.451 e. The van der Waals surface area contributed by atoms with E-state index in [1.54, 1.807) is 17.9 Å². The minimum absolute atomic E-state index is 0.0908. The van der Waals surface area contributed by atoms with Crippen molar-refractivity contribution in [2.75, 3.05) is 13.1 Å². The van der Waals surface area contributed by atoms with Gasteiger partial charge in [-0.25, -0.2) is 4.98 Å². The average Bonchev–Trinajstić information content (AvgIpc) is 3.09. The number of fused-ring (bicyclic) bond motifs is 3. The van der Waals surface area contributed by atoms with Gasteiger partial charge in [0.1, 0.15) is 17.6 Å². The zero-order valence-electron chi connectivity index (χ0n) is 16.5. The van der Waals surface area contributed by atoms with Crippen LogP contribution in [0, 0.1) is 5.92 Å². The number of furan rings is 1. The Balaban J connectivity index is 1.46. The zero-order valence-corrected chi connectivity index (χ0v) is 16.5. The van der Waals surface area contributed by atoms with Crippen LogP contribution in [-0.2, 0) is 20.9 Å². The lowest BCUT2D eigenvalue weighted by Crippen LogP contribution is -2.44. The molecular weight excluding hydrogens is 374 g/mol. The molecule has 1 unspecified atom stereocenters. The van der Waals surface area contributed by atoms with E-state index in [0.717, 1.165) is 22.8 Å². The van der Waals surface area contributed by atoms with Crippen LogP contribution in [0.4, 0.5) is 0 Å². The normalized spacial score (nSPS) is 16.3. The summed E-state index contributed by atoms with van der Waals surface area (Å²) in [6.07, 6.45) is 2.30. The van der Waals surface area contributed by atoms with E-state index < -0.39 is 17.6 Å². The molecule has 0 aliphatic carbocycles. The molecule has 8 nitrogen and oxygen atoms in total. The van der Waals surface area contributed by atoms with Crippen molar-refractivity contribution in [3.05, 3.63) is 40.9 Å². The lowest BCUT2D eigenvalue weighted by atomic mass is 9.99. The Morgan fingerprint density at radius 3 is 2.76 bits per heavy atom. The summed E-state index contributed by atoms with van der Waals surface area (Å²) >= 11 is 0. The van der Waals surface area contributed by atoms with Crippen LogP contribution in [0.15, 0.2) is 39.8 Å². The van der Waals surface area contributed by atoms with Crippen LogP contribution in [0.3, 0.4) is 0 Å². The van der Waals surface area contributed by atoms with E-state index in [1.165, 1.54) is 6.33 Å². The number of aromatic nitrogens is 2. The van der Waals surface area contributed by atoms with Crippen LogP contribution < -0.4 is 5.56 Å². The largest absolute Gasteiger partial charge is 0.451 e. The van der Waals surface area contributed by atoms with E-state index in [4.69, 9.17) is 9.15 Å². The highest BCUT2D eigenvalue weighted by molar-refractivity contribution is 6.01. The van der Waals surface area contributed by atoms with Gasteiger partial charge in [0.25, 0.3) is 11.5 Å². The maximum atomic E-state index is 12.7. The Morgan fingerprint density at radius 1 is 1.28 bits per heavy atom. The van der Waals surface area contributed by atoms with Gasteiger partial charge >= 0.3 is 5.97 Å². The van der Waals surface area contributed by atoms with Gasteiger partial charge in [-0.3, -0.25) is 19.0 Å². The van der Waals surface area contributed by atoms with Crippen LogP contribution in [-0.4, -0.2) is 45.5 Å². The number of rotatable bonds is 4. The fourth-order valence-electron chi connectivity index (χ4n) is 3.64. The van der Waals surface area contributed by atoms with Crippen LogP contribution in [0.5, 0.6) is 0 Å². The first-order valence-corrected chi connectivity index (χ1v) is 9.79. The molecule has 1 saturated heterocycles. The molecule has 1 fully saturated rings. The van der Waals surface area contributed by atoms with Gasteiger partial charge in [-0.2, -0.15) is 0 Å². The lowest BCUT2D eigenvalue weighted by Gasteiger charge is -2.31. The Labute approximate surface area is 167 Å². The van der Waals surface area contributed by atoms with Gasteiger partial charge in [-0.05, 0) is 37.8 Å². The van der Waals surface area contributed by atoms with Gasteiger partial charge in [0.15, 0.2) is 6.10 Å². The molecule has 152 valence electrons. The molecule has 0 radical (unpaired) electrons. The summed E-state index contributed by atoms with van der Waals surface area (Å²) < 4.78 is 12.0. The number of benzene rings is 1. The third-order valence-corrected chi connectivity index (χ3v) is 5.40. The van der Waals surface area contributed by atoms with Crippen LogP contribution in [0.1, 0.15) is 26.7 Å². The molecule has 0 spiro atoms. The first kappa shape index (κ1) is 19.2. The zero-order chi connectivity index (χ0) is 20.5. The lowest BCUT2D eigenvalue weighted by molar-refractivity contribution is -0.160. The highest BCUT2D eigenvalue weighted by Gasteiger charge is 2.27. The van der Waals surface area contributed by atoms with Crippen LogP contribution in [0.2, 0.25) is 0 Å². The van der Waals surface area contributed by atoms with E-state index >= 15 is 0 Å². The SMILES string of the molecule is CC1CCN(C(=O)C(C)OC(=O)Cn2cnc3c(oc4ccccc43)c2=O)CC1. The summed E-state index contributed by atoms with van der Waals surface area (Å²) in [7, 11) is 0. The van der Waals surface area contributed by atoms with Crippen molar-refractivity contribution >= 4 is 33.9 Å². The van der Waals surface area contributed by atoms with Gasteiger partial charge in [-0.1, -0.05) is 19.1 Å². The Bertz CT molecular complexity index is 1120. The van der Waals surface area contributed by atoms with E-state index in [1.807, 2.05) is 18.2 Å². The van der Waals surface area contributed by atoms with Crippen molar-refractivity contribution in [1.82, 2.24) is 14.5 Å². The number of hydrogen-bond acceptors (Lipinski definition) is 6. The molecule has 2 aromatic heterocycles. The number of likely N-dealkylation sites (tertiary alicyclic amines) is 1. The molecule has 3 heterocycles. The number of nitrogens with zero attached hydrogens (tertiary/aromatic N) is 3. The van der Waals surface area contributed by atoms with E-state index in [0.29, 0.717) is 30.1 Å². The van der Waals surface area contributed by atoms with E-state index in [9.17, 15) is 14.4 Å². The van der Waals surface area contributed by atoms with Gasteiger partial charge < -0.3 is 14.1 Å². The predicted molar refractivity (Wildman–Crippen MR) is 106 cm³/mol. The molecule has 3 aromatic rings. The van der Waals surface area contributed by atoms with E-state index in [2.05, 4.69) is 11.9 Å². The Kier molecular flexibility index (Phi) is 5.08. The Morgan fingerprint density at radius 2 is 2.00 bits per heavy atom. The highest BCUT2D eigenvalue weighted by atomic mass is 16.5. The second kappa shape index (κ2) is 7.69. The summed E-state index contributed by atoms with van der Waals surface area (Å²) in [5.74, 6) is -0.275. The number of esters is 1. The van der Waals surface area contributed by atoms with Crippen molar-refractivity contribution in [3.8, 4) is 0 Å². The number of amides is 1. The fraction of sp³-hybridized carbons (Fsp3) is 0.429. The van der Waals surface area contributed by atoms with Crippen molar-refractivity contribution < 1.29 is 18.7 Å². The van der Waals surface area contributed by atoms with Crippen molar-refractivity contribution in [2.45, 2.75) is 39.3 Å². The minimum atomic E-state index is -0.894. The molecule has 4 rings (SSSR count). The Hall–Kier alpha value is -3.16. The number of ether oxygens (including phenoxy) is 1. The van der Waals surface area contributed by atoms with E-state index in [-0.39, 0.29) is 18.0 Å². The highest BCUT2D eigenvalue weighted by Crippen LogP contribution is 2.24. The first-order chi connectivity index (χ1) is 13.9. The van der Waals surface area contributed by atoms with Crippen molar-refractivity contribution in [1.29, 1.82) is 0 Å². The van der Waals surface area contributed by atoms with Gasteiger partial charge in [0.2, 0.25) is 5.58 Å². The standard InChI is InChI=1S/C21H23N3O5/c1-13-7-9-23(10-8-13)20(26)14(2)28-17(25)11-24-12-22-18-15-5-3-4-6-16(15)29-19(18)21(24)27/h3-6,12-14H,7-11H2,1-2H3. The predicted octanol–water partition coefficient (Wildman–Crippen LogP) is 2.33. The van der Waals surface area contributed by atoms with Crippen molar-refractivity contribution in [3.63, 3.8) is 0 Å². The fourth-order valence-corrected chi connectivity index (χ4v) is 3.64. The summed E-state index contributed by atoms with van der Waals surface area (Å²) in [5, 5.41) is 0.740. The molecule has 8 heteroatoms. The number of hydrogen-bond donors (Lipinski definition) is 0. The maximum absolute atomic E-state index is 12.7. The van der Waals surface area contributed by atoms with Crippen LogP contribution >= 0.6 is 0 Å². The number of para-hydroxylation sites is 1. The monoisotopic (exact) mass is 397 g/mol. The summed E-state index contributed by atoms with van der Waals surface area (Å²) in [6, 6.07) is 7.22. The van der Waals surface area contributed by atoms with Gasteiger partial charge in [0, 0.05) is 18.5 Å². The summed E-state index contributed by atoms with van der Waals surface area (Å²) in [5.41, 5.74) is 0.640.